The number of methoxy groups -OCH3 is 1. The van der Waals surface area contributed by atoms with Gasteiger partial charge in [-0.05, 0) is 38.1 Å². The van der Waals surface area contributed by atoms with Gasteiger partial charge >= 0.3 is 0 Å². The summed E-state index contributed by atoms with van der Waals surface area (Å²) in [5.74, 6) is 0.916. The van der Waals surface area contributed by atoms with Gasteiger partial charge in [-0.15, -0.1) is 0 Å². The van der Waals surface area contributed by atoms with Crippen LogP contribution in [-0.4, -0.2) is 32.3 Å². The molecule has 0 aliphatic carbocycles. The summed E-state index contributed by atoms with van der Waals surface area (Å²) in [7, 11) is 1.72. The van der Waals surface area contributed by atoms with Crippen molar-refractivity contribution in [3.63, 3.8) is 0 Å². The molecule has 0 amide bonds. The van der Waals surface area contributed by atoms with Crippen LogP contribution in [0.4, 0.5) is 11.4 Å². The largest absolute Gasteiger partial charge is 0.497 e. The second-order valence-electron chi connectivity index (χ2n) is 6.42. The minimum Gasteiger partial charge on any atom is -0.497 e. The Morgan fingerprint density at radius 3 is 2.32 bits per heavy atom. The van der Waals surface area contributed by atoms with Crippen molar-refractivity contribution in [2.45, 2.75) is 19.4 Å². The maximum atomic E-state index is 5.37. The van der Waals surface area contributed by atoms with Crippen LogP contribution in [0.25, 0.3) is 0 Å². The molecule has 0 saturated carbocycles. The van der Waals surface area contributed by atoms with Crippen LogP contribution in [0.2, 0.25) is 0 Å². The van der Waals surface area contributed by atoms with Gasteiger partial charge < -0.3 is 14.5 Å². The van der Waals surface area contributed by atoms with Gasteiger partial charge in [0.2, 0.25) is 0 Å². The highest BCUT2D eigenvalue weighted by Crippen LogP contribution is 2.31. The molecule has 1 aliphatic rings. The summed E-state index contributed by atoms with van der Waals surface area (Å²) in [5.41, 5.74) is 2.61. The molecule has 1 saturated heterocycles. The van der Waals surface area contributed by atoms with Crippen molar-refractivity contribution in [1.82, 2.24) is 0 Å². The number of piperazine rings is 1. The molecule has 3 rings (SSSR count). The lowest BCUT2D eigenvalue weighted by atomic mass is 9.97. The standard InChI is InChI=1S/C19H24N2O/c1-19(2)15-20(16-8-5-4-6-9-16)12-13-21(19)17-10-7-11-18(14-17)22-3/h4-11,14H,12-13,15H2,1-3H3. The Bertz CT molecular complexity index is 624. The molecule has 3 nitrogen and oxygen atoms in total. The zero-order chi connectivity index (χ0) is 15.6. The topological polar surface area (TPSA) is 15.7 Å². The summed E-state index contributed by atoms with van der Waals surface area (Å²) in [4.78, 5) is 4.95. The van der Waals surface area contributed by atoms with Crippen LogP contribution in [-0.2, 0) is 0 Å². The monoisotopic (exact) mass is 296 g/mol. The van der Waals surface area contributed by atoms with Crippen molar-refractivity contribution in [3.05, 3.63) is 54.6 Å². The SMILES string of the molecule is COc1cccc(N2CCN(c3ccccc3)CC2(C)C)c1. The minimum absolute atomic E-state index is 0.0699. The van der Waals surface area contributed by atoms with Crippen molar-refractivity contribution in [2.24, 2.45) is 0 Å². The van der Waals surface area contributed by atoms with Crippen LogP contribution < -0.4 is 14.5 Å². The summed E-state index contributed by atoms with van der Waals surface area (Å²) in [6.45, 7) is 7.66. The van der Waals surface area contributed by atoms with Gasteiger partial charge in [0.05, 0.1) is 12.6 Å². The Labute approximate surface area is 133 Å². The number of hydrogen-bond acceptors (Lipinski definition) is 3. The maximum Gasteiger partial charge on any atom is 0.120 e. The number of rotatable bonds is 3. The maximum absolute atomic E-state index is 5.37. The molecule has 3 heteroatoms. The minimum atomic E-state index is 0.0699. The molecule has 0 atom stereocenters. The molecule has 0 N–H and O–H groups in total. The van der Waals surface area contributed by atoms with E-state index in [4.69, 9.17) is 4.74 Å². The lowest BCUT2D eigenvalue weighted by molar-refractivity contribution is 0.406. The average molecular weight is 296 g/mol. The Morgan fingerprint density at radius 2 is 1.64 bits per heavy atom. The number of nitrogens with zero attached hydrogens (tertiary/aromatic N) is 2. The normalized spacial score (nSPS) is 17.4. The van der Waals surface area contributed by atoms with Gasteiger partial charge in [0.25, 0.3) is 0 Å². The number of para-hydroxylation sites is 1. The van der Waals surface area contributed by atoms with Gasteiger partial charge in [0.15, 0.2) is 0 Å². The lowest BCUT2D eigenvalue weighted by Crippen LogP contribution is -2.59. The summed E-state index contributed by atoms with van der Waals surface area (Å²) >= 11 is 0. The molecule has 0 unspecified atom stereocenters. The lowest BCUT2D eigenvalue weighted by Gasteiger charge is -2.49. The van der Waals surface area contributed by atoms with E-state index in [0.717, 1.165) is 25.4 Å². The molecule has 0 aromatic heterocycles. The third-order valence-corrected chi connectivity index (χ3v) is 4.39. The van der Waals surface area contributed by atoms with Gasteiger partial charge in [-0.3, -0.25) is 0 Å². The third kappa shape index (κ3) is 2.89. The first kappa shape index (κ1) is 14.8. The smallest absolute Gasteiger partial charge is 0.120 e. The Balaban J connectivity index is 1.82. The van der Waals surface area contributed by atoms with E-state index in [-0.39, 0.29) is 5.54 Å². The molecular formula is C19H24N2O. The number of benzene rings is 2. The van der Waals surface area contributed by atoms with Crippen molar-refractivity contribution < 1.29 is 4.74 Å². The zero-order valence-electron chi connectivity index (χ0n) is 13.6. The van der Waals surface area contributed by atoms with E-state index in [2.05, 4.69) is 72.2 Å². The van der Waals surface area contributed by atoms with E-state index in [1.165, 1.54) is 11.4 Å². The summed E-state index contributed by atoms with van der Waals surface area (Å²) in [5, 5.41) is 0. The van der Waals surface area contributed by atoms with Crippen molar-refractivity contribution in [2.75, 3.05) is 36.5 Å². The van der Waals surface area contributed by atoms with Crippen LogP contribution in [0.15, 0.2) is 54.6 Å². The fourth-order valence-corrected chi connectivity index (χ4v) is 3.27. The number of hydrogen-bond donors (Lipinski definition) is 0. The van der Waals surface area contributed by atoms with E-state index in [1.54, 1.807) is 7.11 Å². The van der Waals surface area contributed by atoms with Gasteiger partial charge in [-0.1, -0.05) is 24.3 Å². The molecule has 0 radical (unpaired) electrons. The molecule has 22 heavy (non-hydrogen) atoms. The van der Waals surface area contributed by atoms with Gasteiger partial charge in [-0.2, -0.15) is 0 Å². The van der Waals surface area contributed by atoms with E-state index in [1.807, 2.05) is 6.07 Å². The van der Waals surface area contributed by atoms with Crippen LogP contribution in [0.3, 0.4) is 0 Å². The molecule has 0 spiro atoms. The molecule has 0 bridgehead atoms. The highest BCUT2D eigenvalue weighted by atomic mass is 16.5. The van der Waals surface area contributed by atoms with Crippen molar-refractivity contribution in [3.8, 4) is 5.75 Å². The number of anilines is 2. The van der Waals surface area contributed by atoms with Crippen LogP contribution >= 0.6 is 0 Å². The molecular weight excluding hydrogens is 272 g/mol. The second-order valence-corrected chi connectivity index (χ2v) is 6.42. The van der Waals surface area contributed by atoms with Crippen molar-refractivity contribution in [1.29, 1.82) is 0 Å². The predicted octanol–water partition coefficient (Wildman–Crippen LogP) is 3.80. The molecule has 2 aromatic rings. The molecule has 1 fully saturated rings. The zero-order valence-corrected chi connectivity index (χ0v) is 13.6. The predicted molar refractivity (Wildman–Crippen MR) is 93.1 cm³/mol. The van der Waals surface area contributed by atoms with Crippen LogP contribution in [0.5, 0.6) is 5.75 Å². The van der Waals surface area contributed by atoms with E-state index in [9.17, 15) is 0 Å². The number of ether oxygens (including phenoxy) is 1. The van der Waals surface area contributed by atoms with Crippen LogP contribution in [0.1, 0.15) is 13.8 Å². The van der Waals surface area contributed by atoms with Crippen molar-refractivity contribution >= 4 is 11.4 Å². The van der Waals surface area contributed by atoms with E-state index in [0.29, 0.717) is 0 Å². The Morgan fingerprint density at radius 1 is 0.909 bits per heavy atom. The van der Waals surface area contributed by atoms with Crippen LogP contribution in [0, 0.1) is 0 Å². The first-order chi connectivity index (χ1) is 10.6. The first-order valence-corrected chi connectivity index (χ1v) is 7.82. The highest BCUT2D eigenvalue weighted by Gasteiger charge is 2.34. The summed E-state index contributed by atoms with van der Waals surface area (Å²) < 4.78 is 5.37. The Kier molecular flexibility index (Phi) is 3.97. The molecule has 1 aliphatic heterocycles. The fraction of sp³-hybridized carbons (Fsp3) is 0.368. The molecule has 1 heterocycles. The Hall–Kier alpha value is -2.16. The first-order valence-electron chi connectivity index (χ1n) is 7.82. The van der Waals surface area contributed by atoms with E-state index >= 15 is 0 Å². The average Bonchev–Trinajstić information content (AvgIpc) is 2.55. The third-order valence-electron chi connectivity index (χ3n) is 4.39. The quantitative estimate of drug-likeness (QED) is 0.857. The molecule has 2 aromatic carbocycles. The van der Waals surface area contributed by atoms with Gasteiger partial charge in [0, 0.05) is 37.1 Å². The van der Waals surface area contributed by atoms with E-state index < -0.39 is 0 Å². The molecule has 116 valence electrons. The summed E-state index contributed by atoms with van der Waals surface area (Å²) in [6, 6.07) is 19.0. The van der Waals surface area contributed by atoms with Gasteiger partial charge in [-0.25, -0.2) is 0 Å². The van der Waals surface area contributed by atoms with Gasteiger partial charge in [0.1, 0.15) is 5.75 Å². The second kappa shape index (κ2) is 5.91. The highest BCUT2D eigenvalue weighted by molar-refractivity contribution is 5.56. The summed E-state index contributed by atoms with van der Waals surface area (Å²) in [6.07, 6.45) is 0. The fourth-order valence-electron chi connectivity index (χ4n) is 3.27.